The average Bonchev–Trinajstić information content (AvgIpc) is 3.04. The lowest BCUT2D eigenvalue weighted by Gasteiger charge is -2.12. The van der Waals surface area contributed by atoms with Crippen LogP contribution in [0.25, 0.3) is 0 Å². The fourth-order valence-electron chi connectivity index (χ4n) is 2.52. The first-order chi connectivity index (χ1) is 9.19. The Morgan fingerprint density at radius 2 is 1.80 bits per heavy atom. The molecule has 3 rings (SSSR count). The van der Waals surface area contributed by atoms with E-state index in [1.54, 1.807) is 0 Å². The molecule has 0 radical (unpaired) electrons. The highest BCUT2D eigenvalue weighted by Crippen LogP contribution is 2.57. The van der Waals surface area contributed by atoms with Crippen LogP contribution in [0, 0.1) is 5.92 Å². The van der Waals surface area contributed by atoms with E-state index >= 15 is 0 Å². The van der Waals surface area contributed by atoms with Crippen molar-refractivity contribution in [3.63, 3.8) is 0 Å². The van der Waals surface area contributed by atoms with Gasteiger partial charge in [0, 0.05) is 5.92 Å². The molecule has 1 aromatic carbocycles. The van der Waals surface area contributed by atoms with Crippen LogP contribution in [0.3, 0.4) is 0 Å². The molecule has 20 heavy (non-hydrogen) atoms. The van der Waals surface area contributed by atoms with E-state index in [1.165, 1.54) is 0 Å². The molecule has 0 aromatic heterocycles. The number of ether oxygens (including phenoxy) is 1. The highest BCUT2D eigenvalue weighted by molar-refractivity contribution is 7.94. The molecule has 2 aliphatic rings. The third kappa shape index (κ3) is 1.60. The molecule has 0 bridgehead atoms. The van der Waals surface area contributed by atoms with Gasteiger partial charge in [0.25, 0.3) is 0 Å². The van der Waals surface area contributed by atoms with Crippen molar-refractivity contribution >= 4 is 15.8 Å². The first-order valence-corrected chi connectivity index (χ1v) is 7.27. The van der Waals surface area contributed by atoms with E-state index in [0.717, 1.165) is 12.1 Å². The number of rotatable bonds is 2. The van der Waals surface area contributed by atoms with Gasteiger partial charge in [-0.1, -0.05) is 0 Å². The van der Waals surface area contributed by atoms with Crippen LogP contribution in [0.4, 0.5) is 13.2 Å². The fraction of sp³-hybridized carbons (Fsp3) is 0.417. The Hall–Kier alpha value is -1.57. The average molecular weight is 306 g/mol. The maximum Gasteiger partial charge on any atom is 0.416 e. The molecule has 1 saturated heterocycles. The maximum atomic E-state index is 12.4. The van der Waals surface area contributed by atoms with Crippen molar-refractivity contribution in [3.05, 3.63) is 29.8 Å². The van der Waals surface area contributed by atoms with Gasteiger partial charge in [0.2, 0.25) is 0 Å². The summed E-state index contributed by atoms with van der Waals surface area (Å²) in [6, 6.07) is 3.16. The van der Waals surface area contributed by atoms with Gasteiger partial charge in [-0.3, -0.25) is 4.79 Å². The summed E-state index contributed by atoms with van der Waals surface area (Å²) in [5.74, 6) is -1.19. The van der Waals surface area contributed by atoms with E-state index in [0.29, 0.717) is 12.1 Å². The number of sulfone groups is 1. The zero-order valence-electron chi connectivity index (χ0n) is 9.98. The summed E-state index contributed by atoms with van der Waals surface area (Å²) < 4.78 is 65.2. The zero-order chi connectivity index (χ0) is 14.8. The predicted molar refractivity (Wildman–Crippen MR) is 60.4 cm³/mol. The lowest BCUT2D eigenvalue weighted by molar-refractivity contribution is -0.140. The van der Waals surface area contributed by atoms with Crippen LogP contribution < -0.4 is 0 Å². The summed E-state index contributed by atoms with van der Waals surface area (Å²) in [6.07, 6.45) is -4.36. The Morgan fingerprint density at radius 3 is 2.20 bits per heavy atom. The van der Waals surface area contributed by atoms with Crippen molar-refractivity contribution in [2.45, 2.75) is 22.2 Å². The highest BCUT2D eigenvalue weighted by atomic mass is 32.2. The molecule has 0 amide bonds. The number of alkyl halides is 3. The van der Waals surface area contributed by atoms with Gasteiger partial charge in [-0.05, 0) is 30.7 Å². The molecule has 2 fully saturated rings. The smallest absolute Gasteiger partial charge is 0.416 e. The van der Waals surface area contributed by atoms with Crippen LogP contribution in [0.15, 0.2) is 29.2 Å². The molecule has 1 saturated carbocycles. The summed E-state index contributed by atoms with van der Waals surface area (Å²) in [7, 11) is -4.02. The Labute approximate surface area is 112 Å². The molecule has 1 aliphatic carbocycles. The molecule has 108 valence electrons. The van der Waals surface area contributed by atoms with Gasteiger partial charge in [0.05, 0.1) is 17.1 Å². The molecule has 2 atom stereocenters. The predicted octanol–water partition coefficient (Wildman–Crippen LogP) is 1.79. The number of hydrogen-bond acceptors (Lipinski definition) is 4. The summed E-state index contributed by atoms with van der Waals surface area (Å²) >= 11 is 0. The number of halogens is 3. The summed E-state index contributed by atoms with van der Waals surface area (Å²) in [5.41, 5.74) is -0.935. The van der Waals surface area contributed by atoms with Crippen molar-refractivity contribution in [2.75, 3.05) is 6.61 Å². The molecular weight excluding hydrogens is 297 g/mol. The van der Waals surface area contributed by atoms with Crippen LogP contribution in [-0.2, 0) is 25.5 Å². The van der Waals surface area contributed by atoms with Gasteiger partial charge in [-0.25, -0.2) is 8.42 Å². The molecular formula is C12H9F3O4S. The van der Waals surface area contributed by atoms with E-state index in [2.05, 4.69) is 0 Å². The second-order valence-electron chi connectivity index (χ2n) is 4.91. The number of cyclic esters (lactones) is 1. The molecule has 0 unspecified atom stereocenters. The van der Waals surface area contributed by atoms with Gasteiger partial charge in [-0.15, -0.1) is 0 Å². The molecule has 1 heterocycles. The van der Waals surface area contributed by atoms with E-state index in [9.17, 15) is 26.4 Å². The van der Waals surface area contributed by atoms with Gasteiger partial charge >= 0.3 is 12.1 Å². The topological polar surface area (TPSA) is 60.4 Å². The molecule has 8 heteroatoms. The normalized spacial score (nSPS) is 28.9. The van der Waals surface area contributed by atoms with E-state index in [1.807, 2.05) is 0 Å². The minimum absolute atomic E-state index is 0.0543. The SMILES string of the molecule is O=C1OC[C@@H]2C[C@]12S(=O)(=O)c1ccc(C(F)(F)F)cc1. The summed E-state index contributed by atoms with van der Waals surface area (Å²) in [4.78, 5) is 11.3. The van der Waals surface area contributed by atoms with Gasteiger partial charge < -0.3 is 4.74 Å². The van der Waals surface area contributed by atoms with Crippen LogP contribution in [0.1, 0.15) is 12.0 Å². The third-order valence-electron chi connectivity index (χ3n) is 3.78. The monoisotopic (exact) mass is 306 g/mol. The zero-order valence-corrected chi connectivity index (χ0v) is 10.8. The number of fused-ring (bicyclic) bond motifs is 1. The summed E-state index contributed by atoms with van der Waals surface area (Å²) in [5, 5.41) is 0. The second kappa shape index (κ2) is 3.75. The fourth-order valence-corrected chi connectivity index (χ4v) is 4.64. The number of carbonyl (C=O) groups excluding carboxylic acids is 1. The third-order valence-corrected chi connectivity index (χ3v) is 6.30. The standard InChI is InChI=1S/C12H9F3O4S/c13-12(14,15)7-1-3-9(4-2-7)20(17,18)11-5-8(11)6-19-10(11)16/h1-4,8H,5-6H2/t8-,11+/m0/s1. The van der Waals surface area contributed by atoms with Crippen LogP contribution in [0.5, 0.6) is 0 Å². The van der Waals surface area contributed by atoms with E-state index in [4.69, 9.17) is 4.74 Å². The van der Waals surface area contributed by atoms with Crippen LogP contribution in [0.2, 0.25) is 0 Å². The van der Waals surface area contributed by atoms with Gasteiger partial charge in [-0.2, -0.15) is 13.2 Å². The first kappa shape index (κ1) is 13.4. The minimum Gasteiger partial charge on any atom is -0.464 e. The van der Waals surface area contributed by atoms with Gasteiger partial charge in [0.1, 0.15) is 0 Å². The molecule has 4 nitrogen and oxygen atoms in total. The summed E-state index contributed by atoms with van der Waals surface area (Å²) in [6.45, 7) is 0.0543. The van der Waals surface area contributed by atoms with Crippen LogP contribution >= 0.6 is 0 Å². The molecule has 0 N–H and O–H groups in total. The first-order valence-electron chi connectivity index (χ1n) is 5.79. The highest BCUT2D eigenvalue weighted by Gasteiger charge is 2.74. The number of benzene rings is 1. The largest absolute Gasteiger partial charge is 0.464 e. The number of esters is 1. The van der Waals surface area contributed by atoms with Crippen molar-refractivity contribution in [1.82, 2.24) is 0 Å². The van der Waals surface area contributed by atoms with E-state index in [-0.39, 0.29) is 23.8 Å². The Bertz CT molecular complexity index is 678. The Morgan fingerprint density at radius 1 is 1.20 bits per heavy atom. The lowest BCUT2D eigenvalue weighted by atomic mass is 10.2. The molecule has 0 spiro atoms. The quantitative estimate of drug-likeness (QED) is 0.782. The Kier molecular flexibility index (Phi) is 2.51. The molecule has 1 aliphatic heterocycles. The number of carbonyl (C=O) groups is 1. The van der Waals surface area contributed by atoms with Crippen molar-refractivity contribution < 1.29 is 31.1 Å². The molecule has 1 aromatic rings. The Balaban J connectivity index is 2.00. The number of hydrogen-bond donors (Lipinski definition) is 0. The van der Waals surface area contributed by atoms with Crippen molar-refractivity contribution in [3.8, 4) is 0 Å². The van der Waals surface area contributed by atoms with Crippen molar-refractivity contribution in [1.29, 1.82) is 0 Å². The second-order valence-corrected chi connectivity index (χ2v) is 7.12. The van der Waals surface area contributed by atoms with E-state index < -0.39 is 32.3 Å². The van der Waals surface area contributed by atoms with Gasteiger partial charge in [0.15, 0.2) is 14.6 Å². The minimum atomic E-state index is -4.53. The maximum absolute atomic E-state index is 12.4. The lowest BCUT2D eigenvalue weighted by Crippen LogP contribution is -2.32. The van der Waals surface area contributed by atoms with Crippen LogP contribution in [-0.4, -0.2) is 25.7 Å². The van der Waals surface area contributed by atoms with Crippen molar-refractivity contribution in [2.24, 2.45) is 5.92 Å².